The normalized spacial score (nSPS) is 10.9. The van der Waals surface area contributed by atoms with E-state index in [-0.39, 0.29) is 0 Å². The van der Waals surface area contributed by atoms with Crippen LogP contribution in [0, 0.1) is 20.8 Å². The number of benzene rings is 2. The van der Waals surface area contributed by atoms with E-state index in [0.29, 0.717) is 0 Å². The van der Waals surface area contributed by atoms with Crippen LogP contribution in [0.25, 0.3) is 22.2 Å². The van der Waals surface area contributed by atoms with Crippen LogP contribution in [0.4, 0.5) is 0 Å². The smallest absolute Gasteiger partial charge is 0.152 e. The Morgan fingerprint density at radius 3 is 2.45 bits per heavy atom. The Morgan fingerprint density at radius 2 is 1.75 bits per heavy atom. The van der Waals surface area contributed by atoms with Crippen molar-refractivity contribution in [3.63, 3.8) is 0 Å². The maximum absolute atomic E-state index is 11.5. The molecule has 2 aromatic carbocycles. The van der Waals surface area contributed by atoms with Crippen LogP contribution in [0.5, 0.6) is 0 Å². The van der Waals surface area contributed by atoms with Gasteiger partial charge in [0.25, 0.3) is 0 Å². The van der Waals surface area contributed by atoms with Crippen LogP contribution in [-0.4, -0.2) is 11.3 Å². The van der Waals surface area contributed by atoms with E-state index in [4.69, 9.17) is 0 Å². The lowest BCUT2D eigenvalue weighted by atomic mass is 10.0. The van der Waals surface area contributed by atoms with Crippen molar-refractivity contribution < 1.29 is 4.79 Å². The zero-order valence-electron chi connectivity index (χ0n) is 11.9. The highest BCUT2D eigenvalue weighted by atomic mass is 16.1. The van der Waals surface area contributed by atoms with E-state index in [1.807, 2.05) is 12.1 Å². The monoisotopic (exact) mass is 263 g/mol. The highest BCUT2D eigenvalue weighted by molar-refractivity contribution is 6.05. The average Bonchev–Trinajstić information content (AvgIpc) is 2.82. The number of H-pyrrole nitrogens is 1. The Balaban J connectivity index is 2.33. The Hall–Kier alpha value is -2.35. The third-order valence-electron chi connectivity index (χ3n) is 4.00. The predicted molar refractivity (Wildman–Crippen MR) is 83.3 cm³/mol. The lowest BCUT2D eigenvalue weighted by Gasteiger charge is -2.04. The molecular weight excluding hydrogens is 246 g/mol. The minimum absolute atomic E-state index is 0.743. The summed E-state index contributed by atoms with van der Waals surface area (Å²) in [7, 11) is 0. The van der Waals surface area contributed by atoms with Crippen molar-refractivity contribution in [1.82, 2.24) is 4.98 Å². The first-order chi connectivity index (χ1) is 9.61. The Bertz CT molecular complexity index is 812. The SMILES string of the molecule is Cc1ccc(-c2[nH]c3c(C)cccc3c2C=O)cc1C. The molecule has 0 aliphatic carbocycles. The second kappa shape index (κ2) is 4.64. The summed E-state index contributed by atoms with van der Waals surface area (Å²) in [5, 5.41) is 0.994. The van der Waals surface area contributed by atoms with Gasteiger partial charge in [0.05, 0.1) is 5.69 Å². The number of carbonyl (C=O) groups is 1. The number of hydrogen-bond acceptors (Lipinski definition) is 1. The lowest BCUT2D eigenvalue weighted by molar-refractivity contribution is 0.112. The third-order valence-corrected chi connectivity index (χ3v) is 4.00. The third kappa shape index (κ3) is 1.85. The van der Waals surface area contributed by atoms with Gasteiger partial charge in [-0.25, -0.2) is 0 Å². The molecule has 100 valence electrons. The van der Waals surface area contributed by atoms with Gasteiger partial charge >= 0.3 is 0 Å². The largest absolute Gasteiger partial charge is 0.354 e. The Labute approximate surface area is 118 Å². The molecule has 0 aliphatic heterocycles. The van der Waals surface area contributed by atoms with Gasteiger partial charge in [-0.3, -0.25) is 4.79 Å². The zero-order valence-corrected chi connectivity index (χ0v) is 11.9. The lowest BCUT2D eigenvalue weighted by Crippen LogP contribution is -1.87. The molecule has 0 fully saturated rings. The van der Waals surface area contributed by atoms with Gasteiger partial charge in [-0.15, -0.1) is 0 Å². The minimum atomic E-state index is 0.743. The van der Waals surface area contributed by atoms with Crippen molar-refractivity contribution in [3.05, 3.63) is 58.7 Å². The van der Waals surface area contributed by atoms with Gasteiger partial charge in [0.1, 0.15) is 0 Å². The molecule has 1 N–H and O–H groups in total. The van der Waals surface area contributed by atoms with Crippen molar-refractivity contribution in [2.75, 3.05) is 0 Å². The van der Waals surface area contributed by atoms with Crippen LogP contribution >= 0.6 is 0 Å². The van der Waals surface area contributed by atoms with Crippen LogP contribution in [0.1, 0.15) is 27.0 Å². The van der Waals surface area contributed by atoms with Gasteiger partial charge in [-0.2, -0.15) is 0 Å². The number of nitrogens with one attached hydrogen (secondary N) is 1. The Kier molecular flexibility index (Phi) is 2.94. The van der Waals surface area contributed by atoms with Gasteiger partial charge in [-0.1, -0.05) is 30.3 Å². The quantitative estimate of drug-likeness (QED) is 0.675. The fourth-order valence-electron chi connectivity index (χ4n) is 2.63. The summed E-state index contributed by atoms with van der Waals surface area (Å²) in [5.41, 5.74) is 7.40. The fraction of sp³-hybridized carbons (Fsp3) is 0.167. The number of aromatic nitrogens is 1. The van der Waals surface area contributed by atoms with E-state index in [9.17, 15) is 4.79 Å². The standard InChI is InChI=1S/C18H17NO/c1-11-7-8-14(9-13(11)3)18-16(10-20)15-6-4-5-12(2)17(15)19-18/h4-10,19H,1-3H3. The summed E-state index contributed by atoms with van der Waals surface area (Å²) in [6, 6.07) is 12.3. The van der Waals surface area contributed by atoms with Crippen molar-refractivity contribution in [2.45, 2.75) is 20.8 Å². The highest BCUT2D eigenvalue weighted by Gasteiger charge is 2.13. The molecule has 0 bridgehead atoms. The molecule has 0 unspecified atom stereocenters. The van der Waals surface area contributed by atoms with Crippen molar-refractivity contribution >= 4 is 17.2 Å². The molecule has 1 heterocycles. The van der Waals surface area contributed by atoms with Gasteiger partial charge in [0.15, 0.2) is 6.29 Å². The molecular formula is C18H17NO. The molecule has 3 aromatic rings. The molecule has 0 saturated carbocycles. The highest BCUT2D eigenvalue weighted by Crippen LogP contribution is 2.31. The molecule has 0 atom stereocenters. The second-order valence-corrected chi connectivity index (χ2v) is 5.33. The molecule has 0 saturated heterocycles. The maximum Gasteiger partial charge on any atom is 0.152 e. The predicted octanol–water partition coefficient (Wildman–Crippen LogP) is 4.57. The van der Waals surface area contributed by atoms with Gasteiger partial charge in [-0.05, 0) is 49.1 Å². The van der Waals surface area contributed by atoms with Crippen LogP contribution in [0.2, 0.25) is 0 Å². The number of carbonyl (C=O) groups excluding carboxylic acids is 1. The summed E-state index contributed by atoms with van der Waals surface area (Å²) in [4.78, 5) is 14.9. The van der Waals surface area contributed by atoms with Crippen molar-refractivity contribution in [3.8, 4) is 11.3 Å². The number of aldehydes is 1. The molecule has 2 nitrogen and oxygen atoms in total. The second-order valence-electron chi connectivity index (χ2n) is 5.33. The maximum atomic E-state index is 11.5. The first-order valence-corrected chi connectivity index (χ1v) is 6.76. The van der Waals surface area contributed by atoms with E-state index in [1.165, 1.54) is 11.1 Å². The number of aryl methyl sites for hydroxylation is 3. The van der Waals surface area contributed by atoms with E-state index in [0.717, 1.165) is 39.6 Å². The average molecular weight is 263 g/mol. The Morgan fingerprint density at radius 1 is 0.950 bits per heavy atom. The summed E-state index contributed by atoms with van der Waals surface area (Å²) in [6.07, 6.45) is 0.947. The van der Waals surface area contributed by atoms with Gasteiger partial charge in [0, 0.05) is 16.5 Å². The topological polar surface area (TPSA) is 32.9 Å². The molecule has 0 amide bonds. The molecule has 1 aromatic heterocycles. The van der Waals surface area contributed by atoms with Gasteiger partial charge in [0.2, 0.25) is 0 Å². The molecule has 2 heteroatoms. The first-order valence-electron chi connectivity index (χ1n) is 6.76. The number of aromatic amines is 1. The molecule has 0 aliphatic rings. The van der Waals surface area contributed by atoms with Crippen LogP contribution in [0.3, 0.4) is 0 Å². The number of hydrogen-bond donors (Lipinski definition) is 1. The summed E-state index contributed by atoms with van der Waals surface area (Å²) < 4.78 is 0. The minimum Gasteiger partial charge on any atom is -0.354 e. The van der Waals surface area contributed by atoms with E-state index >= 15 is 0 Å². The van der Waals surface area contributed by atoms with Crippen LogP contribution in [-0.2, 0) is 0 Å². The van der Waals surface area contributed by atoms with E-state index < -0.39 is 0 Å². The van der Waals surface area contributed by atoms with Crippen molar-refractivity contribution in [2.24, 2.45) is 0 Å². The molecule has 0 radical (unpaired) electrons. The van der Waals surface area contributed by atoms with Gasteiger partial charge < -0.3 is 4.98 Å². The number of rotatable bonds is 2. The summed E-state index contributed by atoms with van der Waals surface area (Å²) in [6.45, 7) is 6.24. The van der Waals surface area contributed by atoms with Crippen LogP contribution < -0.4 is 0 Å². The van der Waals surface area contributed by atoms with E-state index in [1.54, 1.807) is 0 Å². The molecule has 20 heavy (non-hydrogen) atoms. The summed E-state index contributed by atoms with van der Waals surface area (Å²) in [5.74, 6) is 0. The fourth-order valence-corrected chi connectivity index (χ4v) is 2.63. The molecule has 0 spiro atoms. The zero-order chi connectivity index (χ0) is 14.3. The van der Waals surface area contributed by atoms with Crippen LogP contribution in [0.15, 0.2) is 36.4 Å². The van der Waals surface area contributed by atoms with E-state index in [2.05, 4.69) is 50.0 Å². The number of fused-ring (bicyclic) bond motifs is 1. The first kappa shape index (κ1) is 12.7. The van der Waals surface area contributed by atoms with Crippen molar-refractivity contribution in [1.29, 1.82) is 0 Å². The molecule has 3 rings (SSSR count). The number of para-hydroxylation sites is 1. The summed E-state index contributed by atoms with van der Waals surface area (Å²) >= 11 is 0.